The van der Waals surface area contributed by atoms with Gasteiger partial charge in [-0.3, -0.25) is 9.78 Å². The van der Waals surface area contributed by atoms with Crippen LogP contribution < -0.4 is 5.32 Å². The van der Waals surface area contributed by atoms with Crippen LogP contribution in [0.4, 0.5) is 0 Å². The quantitative estimate of drug-likeness (QED) is 0.759. The van der Waals surface area contributed by atoms with E-state index in [1.54, 1.807) is 24.5 Å². The minimum Gasteiger partial charge on any atom is -0.342 e. The van der Waals surface area contributed by atoms with E-state index in [4.69, 9.17) is 11.6 Å². The smallest absolute Gasteiger partial charge is 0.261 e. The number of rotatable bonds is 4. The summed E-state index contributed by atoms with van der Waals surface area (Å²) in [5, 5.41) is 5.78. The minimum atomic E-state index is -0.158. The van der Waals surface area contributed by atoms with Crippen LogP contribution in [0.5, 0.6) is 0 Å². The van der Waals surface area contributed by atoms with Crippen LogP contribution in [0.25, 0.3) is 11.3 Å². The summed E-state index contributed by atoms with van der Waals surface area (Å²) in [5.74, 6) is -0.134. The van der Waals surface area contributed by atoms with Gasteiger partial charge in [0, 0.05) is 23.3 Å². The van der Waals surface area contributed by atoms with Gasteiger partial charge in [0.05, 0.1) is 20.9 Å². The summed E-state index contributed by atoms with van der Waals surface area (Å²) >= 11 is 8.64. The molecule has 0 aliphatic heterocycles. The first kappa shape index (κ1) is 15.1. The van der Waals surface area contributed by atoms with Gasteiger partial charge in [-0.2, -0.15) is 0 Å². The van der Waals surface area contributed by atoms with Crippen LogP contribution >= 0.6 is 34.3 Å². The Morgan fingerprint density at radius 1 is 1.27 bits per heavy atom. The molecular formula is C15H12ClN3OS2. The van der Waals surface area contributed by atoms with Crippen molar-refractivity contribution in [1.82, 2.24) is 15.3 Å². The first-order valence-corrected chi connectivity index (χ1v) is 8.63. The highest BCUT2D eigenvalue weighted by Gasteiger charge is 2.16. The Hall–Kier alpha value is -1.76. The largest absolute Gasteiger partial charge is 0.342 e. The van der Waals surface area contributed by atoms with Crippen LogP contribution in [0, 0.1) is 0 Å². The molecule has 3 heterocycles. The summed E-state index contributed by atoms with van der Waals surface area (Å²) in [6.45, 7) is 1.92. The lowest BCUT2D eigenvalue weighted by atomic mass is 10.2. The van der Waals surface area contributed by atoms with Crippen molar-refractivity contribution in [3.8, 4) is 11.3 Å². The molecule has 7 heteroatoms. The van der Waals surface area contributed by atoms with E-state index in [9.17, 15) is 4.79 Å². The lowest BCUT2D eigenvalue weighted by Gasteiger charge is -2.10. The van der Waals surface area contributed by atoms with E-state index in [0.717, 1.165) is 16.3 Å². The zero-order valence-corrected chi connectivity index (χ0v) is 14.0. The second-order valence-electron chi connectivity index (χ2n) is 4.61. The first-order chi connectivity index (χ1) is 10.6. The zero-order chi connectivity index (χ0) is 15.5. The van der Waals surface area contributed by atoms with Crippen molar-refractivity contribution in [3.05, 3.63) is 56.3 Å². The van der Waals surface area contributed by atoms with Crippen molar-refractivity contribution < 1.29 is 4.79 Å². The maximum absolute atomic E-state index is 12.1. The monoisotopic (exact) mass is 349 g/mol. The van der Waals surface area contributed by atoms with E-state index in [1.165, 1.54) is 22.7 Å². The minimum absolute atomic E-state index is 0.134. The molecule has 0 aromatic carbocycles. The van der Waals surface area contributed by atoms with E-state index in [2.05, 4.69) is 15.3 Å². The number of thiazole rings is 1. The van der Waals surface area contributed by atoms with E-state index in [0.29, 0.717) is 9.21 Å². The molecule has 1 amide bonds. The van der Waals surface area contributed by atoms with Gasteiger partial charge in [-0.15, -0.1) is 22.7 Å². The number of halogens is 1. The number of pyridine rings is 1. The summed E-state index contributed by atoms with van der Waals surface area (Å²) in [7, 11) is 0. The molecule has 0 aliphatic rings. The fourth-order valence-corrected chi connectivity index (χ4v) is 3.69. The van der Waals surface area contributed by atoms with Crippen molar-refractivity contribution in [2.75, 3.05) is 0 Å². The van der Waals surface area contributed by atoms with Gasteiger partial charge in [-0.05, 0) is 31.2 Å². The molecule has 0 radical (unpaired) electrons. The fraction of sp³-hybridized carbons (Fsp3) is 0.133. The number of amides is 1. The zero-order valence-electron chi connectivity index (χ0n) is 11.6. The third-order valence-corrected chi connectivity index (χ3v) is 5.27. The predicted octanol–water partition coefficient (Wildman–Crippen LogP) is 4.41. The van der Waals surface area contributed by atoms with Gasteiger partial charge in [-0.1, -0.05) is 11.6 Å². The highest BCUT2D eigenvalue weighted by atomic mass is 35.5. The van der Waals surface area contributed by atoms with Crippen LogP contribution in [0.2, 0.25) is 4.34 Å². The van der Waals surface area contributed by atoms with Crippen LogP contribution in [0.1, 0.15) is 27.6 Å². The number of hydrogen-bond acceptors (Lipinski definition) is 5. The van der Waals surface area contributed by atoms with E-state index < -0.39 is 0 Å². The van der Waals surface area contributed by atoms with Gasteiger partial charge in [0.25, 0.3) is 5.91 Å². The maximum atomic E-state index is 12.1. The number of nitrogens with zero attached hydrogens (tertiary/aromatic N) is 2. The number of carbonyl (C=O) groups is 1. The van der Waals surface area contributed by atoms with Gasteiger partial charge in [0.1, 0.15) is 5.01 Å². The van der Waals surface area contributed by atoms with Crippen LogP contribution in [0.3, 0.4) is 0 Å². The van der Waals surface area contributed by atoms with Crippen LogP contribution in [0.15, 0.2) is 42.0 Å². The van der Waals surface area contributed by atoms with Crippen LogP contribution in [-0.2, 0) is 0 Å². The SMILES string of the molecule is C[C@@H](NC(=O)c1ccc(Cl)s1)c1nc(-c2ccncc2)cs1. The van der Waals surface area contributed by atoms with Gasteiger partial charge < -0.3 is 5.32 Å². The maximum Gasteiger partial charge on any atom is 0.261 e. The molecule has 4 nitrogen and oxygen atoms in total. The molecule has 0 unspecified atom stereocenters. The molecule has 3 rings (SSSR count). The molecule has 1 atom stereocenters. The van der Waals surface area contributed by atoms with E-state index in [-0.39, 0.29) is 11.9 Å². The summed E-state index contributed by atoms with van der Waals surface area (Å²) in [6.07, 6.45) is 3.47. The molecule has 0 bridgehead atoms. The molecule has 112 valence electrons. The Bertz CT molecular complexity index is 785. The summed E-state index contributed by atoms with van der Waals surface area (Å²) in [5.41, 5.74) is 1.91. The van der Waals surface area contributed by atoms with Crippen molar-refractivity contribution in [1.29, 1.82) is 0 Å². The lowest BCUT2D eigenvalue weighted by Crippen LogP contribution is -2.25. The van der Waals surface area contributed by atoms with Crippen LogP contribution in [-0.4, -0.2) is 15.9 Å². The standard InChI is InChI=1S/C15H12ClN3OS2/c1-9(18-14(20)12-2-3-13(16)22-12)15-19-11(8-21-15)10-4-6-17-7-5-10/h2-9H,1H3,(H,18,20)/t9-/m1/s1. The van der Waals surface area contributed by atoms with Crippen molar-refractivity contribution in [2.45, 2.75) is 13.0 Å². The molecule has 0 spiro atoms. The van der Waals surface area contributed by atoms with E-state index in [1.807, 2.05) is 24.4 Å². The summed E-state index contributed by atoms with van der Waals surface area (Å²) < 4.78 is 0.604. The molecule has 22 heavy (non-hydrogen) atoms. The average Bonchev–Trinajstić information content (AvgIpc) is 3.17. The molecule has 3 aromatic rings. The van der Waals surface area contributed by atoms with Gasteiger partial charge in [0.2, 0.25) is 0 Å². The molecule has 0 saturated carbocycles. The van der Waals surface area contributed by atoms with Gasteiger partial charge in [-0.25, -0.2) is 4.98 Å². The summed E-state index contributed by atoms with van der Waals surface area (Å²) in [4.78, 5) is 21.3. The predicted molar refractivity (Wildman–Crippen MR) is 90.6 cm³/mol. The molecule has 0 fully saturated rings. The highest BCUT2D eigenvalue weighted by Crippen LogP contribution is 2.26. The Morgan fingerprint density at radius 2 is 2.05 bits per heavy atom. The number of aromatic nitrogens is 2. The van der Waals surface area contributed by atoms with Gasteiger partial charge in [0.15, 0.2) is 0 Å². The van der Waals surface area contributed by atoms with E-state index >= 15 is 0 Å². The average molecular weight is 350 g/mol. The molecule has 1 N–H and O–H groups in total. The number of thiophene rings is 1. The third-order valence-electron chi connectivity index (χ3n) is 3.01. The van der Waals surface area contributed by atoms with Crippen molar-refractivity contribution in [2.24, 2.45) is 0 Å². The Balaban J connectivity index is 1.72. The Labute approximate surface area is 140 Å². The molecule has 0 aliphatic carbocycles. The Kier molecular flexibility index (Phi) is 4.52. The topological polar surface area (TPSA) is 54.9 Å². The van der Waals surface area contributed by atoms with Crippen molar-refractivity contribution >= 4 is 40.2 Å². The first-order valence-electron chi connectivity index (χ1n) is 6.55. The lowest BCUT2D eigenvalue weighted by molar-refractivity contribution is 0.0944. The highest BCUT2D eigenvalue weighted by molar-refractivity contribution is 7.18. The second kappa shape index (κ2) is 6.56. The number of hydrogen-bond donors (Lipinski definition) is 1. The molecule has 3 aromatic heterocycles. The fourth-order valence-electron chi connectivity index (χ4n) is 1.91. The summed E-state index contributed by atoms with van der Waals surface area (Å²) in [6, 6.07) is 7.11. The second-order valence-corrected chi connectivity index (χ2v) is 7.21. The Morgan fingerprint density at radius 3 is 2.73 bits per heavy atom. The van der Waals surface area contributed by atoms with Gasteiger partial charge >= 0.3 is 0 Å². The van der Waals surface area contributed by atoms with Crippen molar-refractivity contribution in [3.63, 3.8) is 0 Å². The normalized spacial score (nSPS) is 12.1. The number of carbonyl (C=O) groups excluding carboxylic acids is 1. The molecule has 0 saturated heterocycles. The molecular weight excluding hydrogens is 338 g/mol. The third kappa shape index (κ3) is 3.35. The number of nitrogens with one attached hydrogen (secondary N) is 1.